The van der Waals surface area contributed by atoms with Crippen molar-refractivity contribution in [2.24, 2.45) is 5.73 Å². The summed E-state index contributed by atoms with van der Waals surface area (Å²) in [6, 6.07) is 6.88. The Morgan fingerprint density at radius 2 is 1.93 bits per heavy atom. The number of rotatable bonds is 7. The van der Waals surface area contributed by atoms with E-state index in [0.29, 0.717) is 6.61 Å². The van der Waals surface area contributed by atoms with Gasteiger partial charge in [-0.15, -0.1) is 0 Å². The number of nitrogens with two attached hydrogens (primary N) is 1. The van der Waals surface area contributed by atoms with E-state index in [9.17, 15) is 5.11 Å². The first kappa shape index (κ1) is 11.9. The van der Waals surface area contributed by atoms with E-state index < -0.39 is 0 Å². The van der Waals surface area contributed by atoms with Gasteiger partial charge < -0.3 is 15.6 Å². The predicted molar refractivity (Wildman–Crippen MR) is 61.1 cm³/mol. The second-order valence-corrected chi connectivity index (χ2v) is 3.55. The quantitative estimate of drug-likeness (QED) is 0.677. The van der Waals surface area contributed by atoms with E-state index in [1.165, 1.54) is 6.42 Å². The molecule has 3 N–H and O–H groups in total. The predicted octanol–water partition coefficient (Wildman–Crippen LogP) is 2.29. The van der Waals surface area contributed by atoms with E-state index in [-0.39, 0.29) is 5.75 Å². The first-order valence-electron chi connectivity index (χ1n) is 5.45. The highest BCUT2D eigenvalue weighted by atomic mass is 16.5. The molecule has 0 saturated carbocycles. The van der Waals surface area contributed by atoms with Crippen molar-refractivity contribution in [1.29, 1.82) is 0 Å². The summed E-state index contributed by atoms with van der Waals surface area (Å²) >= 11 is 0. The Balaban J connectivity index is 2.10. The molecule has 0 amide bonds. The van der Waals surface area contributed by atoms with Crippen LogP contribution in [0.2, 0.25) is 0 Å². The van der Waals surface area contributed by atoms with E-state index in [0.717, 1.165) is 31.6 Å². The summed E-state index contributed by atoms with van der Waals surface area (Å²) in [5.74, 6) is 0.976. The maximum atomic E-state index is 9.19. The van der Waals surface area contributed by atoms with E-state index in [2.05, 4.69) is 0 Å². The van der Waals surface area contributed by atoms with E-state index in [4.69, 9.17) is 10.5 Å². The number of hydrogen-bond donors (Lipinski definition) is 2. The minimum atomic E-state index is 0.246. The summed E-state index contributed by atoms with van der Waals surface area (Å²) < 4.78 is 5.48. The van der Waals surface area contributed by atoms with Crippen molar-refractivity contribution in [3.05, 3.63) is 24.3 Å². The van der Waals surface area contributed by atoms with Gasteiger partial charge in [0.1, 0.15) is 11.5 Å². The standard InChI is InChI=1S/C12H19NO2/c13-8-3-1-2-4-9-15-12-7-5-6-11(14)10-12/h5-7,10,14H,1-4,8-9,13H2. The van der Waals surface area contributed by atoms with E-state index >= 15 is 0 Å². The van der Waals surface area contributed by atoms with Gasteiger partial charge in [-0.3, -0.25) is 0 Å². The number of hydrogen-bond acceptors (Lipinski definition) is 3. The van der Waals surface area contributed by atoms with Crippen LogP contribution in [-0.2, 0) is 0 Å². The van der Waals surface area contributed by atoms with Crippen LogP contribution in [0, 0.1) is 0 Å². The Hall–Kier alpha value is -1.22. The molecule has 1 aromatic rings. The van der Waals surface area contributed by atoms with Crippen LogP contribution in [0.3, 0.4) is 0 Å². The smallest absolute Gasteiger partial charge is 0.122 e. The monoisotopic (exact) mass is 209 g/mol. The van der Waals surface area contributed by atoms with Crippen molar-refractivity contribution in [3.8, 4) is 11.5 Å². The van der Waals surface area contributed by atoms with Crippen LogP contribution in [0.25, 0.3) is 0 Å². The summed E-state index contributed by atoms with van der Waals surface area (Å²) in [6.45, 7) is 1.47. The summed E-state index contributed by atoms with van der Waals surface area (Å²) in [4.78, 5) is 0. The minimum absolute atomic E-state index is 0.246. The van der Waals surface area contributed by atoms with Gasteiger partial charge in [-0.2, -0.15) is 0 Å². The number of aromatic hydroxyl groups is 1. The third-order valence-corrected chi connectivity index (χ3v) is 2.18. The minimum Gasteiger partial charge on any atom is -0.508 e. The van der Waals surface area contributed by atoms with Gasteiger partial charge in [-0.05, 0) is 31.5 Å². The van der Waals surface area contributed by atoms with Crippen LogP contribution < -0.4 is 10.5 Å². The molecule has 0 unspecified atom stereocenters. The van der Waals surface area contributed by atoms with Gasteiger partial charge in [-0.25, -0.2) is 0 Å². The molecule has 84 valence electrons. The molecule has 0 aromatic heterocycles. The lowest BCUT2D eigenvalue weighted by Crippen LogP contribution is -2.00. The molecule has 0 radical (unpaired) electrons. The fraction of sp³-hybridized carbons (Fsp3) is 0.500. The van der Waals surface area contributed by atoms with Gasteiger partial charge in [0.15, 0.2) is 0 Å². The van der Waals surface area contributed by atoms with Gasteiger partial charge in [0.2, 0.25) is 0 Å². The fourth-order valence-corrected chi connectivity index (χ4v) is 1.36. The van der Waals surface area contributed by atoms with Crippen molar-refractivity contribution in [3.63, 3.8) is 0 Å². The van der Waals surface area contributed by atoms with Crippen LogP contribution in [0.5, 0.6) is 11.5 Å². The lowest BCUT2D eigenvalue weighted by Gasteiger charge is -2.05. The van der Waals surface area contributed by atoms with E-state index in [1.54, 1.807) is 18.2 Å². The van der Waals surface area contributed by atoms with Crippen molar-refractivity contribution >= 4 is 0 Å². The maximum Gasteiger partial charge on any atom is 0.122 e. The largest absolute Gasteiger partial charge is 0.508 e. The third kappa shape index (κ3) is 5.27. The van der Waals surface area contributed by atoms with Crippen molar-refractivity contribution < 1.29 is 9.84 Å². The molecule has 1 aromatic carbocycles. The first-order valence-corrected chi connectivity index (χ1v) is 5.45. The summed E-state index contributed by atoms with van der Waals surface area (Å²) in [5.41, 5.74) is 5.39. The highest BCUT2D eigenvalue weighted by molar-refractivity contribution is 5.31. The first-order chi connectivity index (χ1) is 7.33. The van der Waals surface area contributed by atoms with Crippen molar-refractivity contribution in [2.45, 2.75) is 25.7 Å². The molecule has 3 nitrogen and oxygen atoms in total. The zero-order valence-electron chi connectivity index (χ0n) is 8.98. The zero-order valence-corrected chi connectivity index (χ0v) is 8.98. The zero-order chi connectivity index (χ0) is 10.9. The van der Waals surface area contributed by atoms with Crippen LogP contribution >= 0.6 is 0 Å². The molecule has 15 heavy (non-hydrogen) atoms. The third-order valence-electron chi connectivity index (χ3n) is 2.18. The van der Waals surface area contributed by atoms with Crippen molar-refractivity contribution in [2.75, 3.05) is 13.2 Å². The lowest BCUT2D eigenvalue weighted by molar-refractivity contribution is 0.303. The molecule has 0 atom stereocenters. The molecular weight excluding hydrogens is 190 g/mol. The average Bonchev–Trinajstić information content (AvgIpc) is 2.23. The molecule has 0 fully saturated rings. The summed E-state index contributed by atoms with van der Waals surface area (Å²) in [7, 11) is 0. The molecule has 0 saturated heterocycles. The molecule has 0 aliphatic carbocycles. The molecule has 0 aliphatic rings. The lowest BCUT2D eigenvalue weighted by atomic mass is 10.2. The Labute approximate surface area is 90.9 Å². The number of phenols is 1. The molecular formula is C12H19NO2. The second-order valence-electron chi connectivity index (χ2n) is 3.55. The molecule has 0 aliphatic heterocycles. The number of ether oxygens (including phenoxy) is 1. The number of unbranched alkanes of at least 4 members (excludes halogenated alkanes) is 3. The normalized spacial score (nSPS) is 10.2. The molecule has 0 bridgehead atoms. The molecule has 3 heteroatoms. The Bertz CT molecular complexity index is 276. The van der Waals surface area contributed by atoms with Crippen molar-refractivity contribution in [1.82, 2.24) is 0 Å². The molecule has 0 spiro atoms. The topological polar surface area (TPSA) is 55.5 Å². The summed E-state index contributed by atoms with van der Waals surface area (Å²) in [6.07, 6.45) is 4.44. The molecule has 0 heterocycles. The van der Waals surface area contributed by atoms with E-state index in [1.807, 2.05) is 6.07 Å². The molecule has 1 rings (SSSR count). The average molecular weight is 209 g/mol. The van der Waals surface area contributed by atoms with Gasteiger partial charge in [0.05, 0.1) is 6.61 Å². The number of benzene rings is 1. The van der Waals surface area contributed by atoms with Crippen LogP contribution in [0.1, 0.15) is 25.7 Å². The van der Waals surface area contributed by atoms with Crippen LogP contribution in [0.4, 0.5) is 0 Å². The maximum absolute atomic E-state index is 9.19. The Morgan fingerprint density at radius 3 is 2.67 bits per heavy atom. The van der Waals surface area contributed by atoms with Crippen LogP contribution in [-0.4, -0.2) is 18.3 Å². The fourth-order valence-electron chi connectivity index (χ4n) is 1.36. The van der Waals surface area contributed by atoms with Gasteiger partial charge in [-0.1, -0.05) is 18.9 Å². The number of phenolic OH excluding ortho intramolecular Hbond substituents is 1. The van der Waals surface area contributed by atoms with Gasteiger partial charge in [0, 0.05) is 6.07 Å². The van der Waals surface area contributed by atoms with Gasteiger partial charge in [0.25, 0.3) is 0 Å². The summed E-state index contributed by atoms with van der Waals surface area (Å²) in [5, 5.41) is 9.19. The van der Waals surface area contributed by atoms with Crippen LogP contribution in [0.15, 0.2) is 24.3 Å². The Kier molecular flexibility index (Phi) is 5.63. The highest BCUT2D eigenvalue weighted by Gasteiger charge is 1.95. The Morgan fingerprint density at radius 1 is 1.13 bits per heavy atom. The SMILES string of the molecule is NCCCCCCOc1cccc(O)c1. The second kappa shape index (κ2) is 7.12. The van der Waals surface area contributed by atoms with Gasteiger partial charge >= 0.3 is 0 Å². The highest BCUT2D eigenvalue weighted by Crippen LogP contribution is 2.17.